The van der Waals surface area contributed by atoms with Crippen molar-refractivity contribution in [3.05, 3.63) is 48.5 Å². The lowest BCUT2D eigenvalue weighted by atomic mass is 10.1. The average Bonchev–Trinajstić information content (AvgIpc) is 3.47. The molecule has 0 atom stereocenters. The van der Waals surface area contributed by atoms with Gasteiger partial charge in [-0.3, -0.25) is 24.2 Å². The number of nitrogens with zero attached hydrogens (tertiary/aromatic N) is 4. The smallest absolute Gasteiger partial charge is 0.268 e. The molecule has 0 unspecified atom stereocenters. The van der Waals surface area contributed by atoms with Crippen LogP contribution < -0.4 is 4.90 Å². The molecule has 2 aromatic heterocycles. The van der Waals surface area contributed by atoms with Crippen LogP contribution >= 0.6 is 23.1 Å². The lowest BCUT2D eigenvalue weighted by Gasteiger charge is -2.19. The van der Waals surface area contributed by atoms with Gasteiger partial charge in [0.05, 0.1) is 11.4 Å². The van der Waals surface area contributed by atoms with Crippen molar-refractivity contribution in [2.24, 2.45) is 4.99 Å². The predicted octanol–water partition coefficient (Wildman–Crippen LogP) is 3.29. The predicted molar refractivity (Wildman–Crippen MR) is 124 cm³/mol. The molecule has 10 heteroatoms. The Morgan fingerprint density at radius 2 is 2.19 bits per heavy atom. The second-order valence-corrected chi connectivity index (χ2v) is 8.52. The number of amidine groups is 1. The summed E-state index contributed by atoms with van der Waals surface area (Å²) >= 11 is 2.44. The first-order valence-corrected chi connectivity index (χ1v) is 11.3. The summed E-state index contributed by atoms with van der Waals surface area (Å²) < 4.78 is 0. The maximum Gasteiger partial charge on any atom is 0.268 e. The number of H-pyrrole nitrogens is 1. The maximum absolute atomic E-state index is 12.9. The van der Waals surface area contributed by atoms with Crippen LogP contribution in [0.2, 0.25) is 0 Å². The fraction of sp³-hybridized carbons (Fsp3) is 0.190. The van der Waals surface area contributed by atoms with Gasteiger partial charge in [-0.05, 0) is 6.07 Å². The van der Waals surface area contributed by atoms with Crippen LogP contribution in [0.5, 0.6) is 0 Å². The molecular formula is C21H19N5O3S2. The summed E-state index contributed by atoms with van der Waals surface area (Å²) in [5, 5.41) is 3.78. The van der Waals surface area contributed by atoms with Gasteiger partial charge in [0, 0.05) is 41.5 Å². The Bertz CT molecular complexity index is 1210. The van der Waals surface area contributed by atoms with Crippen molar-refractivity contribution in [2.45, 2.75) is 6.92 Å². The number of rotatable bonds is 6. The standard InChI is InChI=1S/C21H19N5O3S2/c1-3-8-25(19(29)12-31-21-24-18(28)10-26(21)13(2)27)20-23-17(11-30-20)15-9-22-16-7-5-4-6-14(15)16/h3-7,9,11,22H,1,8,10,12H2,2H3. The van der Waals surface area contributed by atoms with Gasteiger partial charge in [-0.25, -0.2) is 4.98 Å². The van der Waals surface area contributed by atoms with Crippen LogP contribution in [-0.2, 0) is 14.4 Å². The third-order valence-corrected chi connectivity index (χ3v) is 6.48. The number of amides is 3. The van der Waals surface area contributed by atoms with Gasteiger partial charge in [0.2, 0.25) is 11.8 Å². The van der Waals surface area contributed by atoms with Crippen LogP contribution in [0.4, 0.5) is 5.13 Å². The molecule has 3 amide bonds. The van der Waals surface area contributed by atoms with E-state index in [-0.39, 0.29) is 29.3 Å². The van der Waals surface area contributed by atoms with Gasteiger partial charge in [-0.1, -0.05) is 36.0 Å². The molecule has 1 N–H and O–H groups in total. The number of nitrogens with one attached hydrogen (secondary N) is 1. The highest BCUT2D eigenvalue weighted by atomic mass is 32.2. The number of hydrogen-bond acceptors (Lipinski definition) is 6. The highest BCUT2D eigenvalue weighted by Crippen LogP contribution is 2.32. The summed E-state index contributed by atoms with van der Waals surface area (Å²) in [7, 11) is 0. The molecule has 0 bridgehead atoms. The summed E-state index contributed by atoms with van der Waals surface area (Å²) in [6.45, 7) is 5.32. The Morgan fingerprint density at radius 3 is 2.97 bits per heavy atom. The van der Waals surface area contributed by atoms with Crippen LogP contribution in [0.3, 0.4) is 0 Å². The number of carbonyl (C=O) groups is 3. The first-order valence-electron chi connectivity index (χ1n) is 9.43. The van der Waals surface area contributed by atoms with E-state index in [1.807, 2.05) is 35.8 Å². The normalized spacial score (nSPS) is 13.5. The number of thioether (sulfide) groups is 1. The molecule has 0 radical (unpaired) electrons. The van der Waals surface area contributed by atoms with Crippen molar-refractivity contribution in [1.29, 1.82) is 0 Å². The molecule has 1 aliphatic rings. The first kappa shape index (κ1) is 21.0. The molecule has 158 valence electrons. The second kappa shape index (κ2) is 8.86. The van der Waals surface area contributed by atoms with Crippen molar-refractivity contribution in [2.75, 3.05) is 23.7 Å². The number of hydrogen-bond donors (Lipinski definition) is 1. The van der Waals surface area contributed by atoms with Gasteiger partial charge in [-0.15, -0.1) is 17.9 Å². The first-order chi connectivity index (χ1) is 15.0. The van der Waals surface area contributed by atoms with E-state index >= 15 is 0 Å². The second-order valence-electron chi connectivity index (χ2n) is 6.74. The van der Waals surface area contributed by atoms with Crippen molar-refractivity contribution in [3.63, 3.8) is 0 Å². The van der Waals surface area contributed by atoms with Crippen LogP contribution in [0.15, 0.2) is 53.5 Å². The quantitative estimate of drug-likeness (QED) is 0.578. The Morgan fingerprint density at radius 1 is 1.39 bits per heavy atom. The van der Waals surface area contributed by atoms with Gasteiger partial charge < -0.3 is 4.98 Å². The molecular weight excluding hydrogens is 434 g/mol. The minimum absolute atomic E-state index is 0.0196. The molecule has 31 heavy (non-hydrogen) atoms. The number of anilines is 1. The van der Waals surface area contributed by atoms with Gasteiger partial charge in [0.25, 0.3) is 5.91 Å². The number of aromatic nitrogens is 2. The third kappa shape index (κ3) is 4.30. The molecule has 0 saturated heterocycles. The highest BCUT2D eigenvalue weighted by Gasteiger charge is 2.28. The van der Waals surface area contributed by atoms with Gasteiger partial charge in [0.15, 0.2) is 10.3 Å². The Balaban J connectivity index is 1.52. The Kier molecular flexibility index (Phi) is 6.01. The summed E-state index contributed by atoms with van der Waals surface area (Å²) in [6, 6.07) is 7.96. The number of aromatic amines is 1. The lowest BCUT2D eigenvalue weighted by Crippen LogP contribution is -2.35. The van der Waals surface area contributed by atoms with Crippen molar-refractivity contribution >= 4 is 62.0 Å². The highest BCUT2D eigenvalue weighted by molar-refractivity contribution is 8.14. The molecule has 0 saturated carbocycles. The maximum atomic E-state index is 12.9. The molecule has 0 fully saturated rings. The van der Waals surface area contributed by atoms with Gasteiger partial charge in [0.1, 0.15) is 6.54 Å². The van der Waals surface area contributed by atoms with Crippen LogP contribution in [0, 0.1) is 0 Å². The number of benzene rings is 1. The van der Waals surface area contributed by atoms with Crippen LogP contribution in [0.25, 0.3) is 22.2 Å². The topological polar surface area (TPSA) is 98.7 Å². The molecule has 1 aliphatic heterocycles. The van der Waals surface area contributed by atoms with E-state index < -0.39 is 5.91 Å². The van der Waals surface area contributed by atoms with Crippen molar-refractivity contribution in [3.8, 4) is 11.3 Å². The molecule has 8 nitrogen and oxygen atoms in total. The lowest BCUT2D eigenvalue weighted by molar-refractivity contribution is -0.127. The number of para-hydroxylation sites is 1. The van der Waals surface area contributed by atoms with Crippen molar-refractivity contribution < 1.29 is 14.4 Å². The monoisotopic (exact) mass is 453 g/mol. The third-order valence-electron chi connectivity index (χ3n) is 4.65. The van der Waals surface area contributed by atoms with Gasteiger partial charge in [-0.2, -0.15) is 4.99 Å². The van der Waals surface area contributed by atoms with E-state index in [0.29, 0.717) is 11.7 Å². The van der Waals surface area contributed by atoms with E-state index in [1.165, 1.54) is 23.2 Å². The summed E-state index contributed by atoms with van der Waals surface area (Å²) in [6.07, 6.45) is 3.54. The van der Waals surface area contributed by atoms with E-state index in [9.17, 15) is 14.4 Å². The Labute approximate surface area is 186 Å². The molecule has 0 aliphatic carbocycles. The van der Waals surface area contributed by atoms with E-state index in [1.54, 1.807) is 11.0 Å². The number of carbonyl (C=O) groups excluding carboxylic acids is 3. The van der Waals surface area contributed by atoms with E-state index in [4.69, 9.17) is 0 Å². The zero-order chi connectivity index (χ0) is 22.0. The summed E-state index contributed by atoms with van der Waals surface area (Å²) in [4.78, 5) is 50.7. The fourth-order valence-corrected chi connectivity index (χ4v) is 4.95. The molecule has 3 aromatic rings. The van der Waals surface area contributed by atoms with E-state index in [0.717, 1.165) is 33.9 Å². The zero-order valence-corrected chi connectivity index (χ0v) is 18.3. The van der Waals surface area contributed by atoms with Crippen LogP contribution in [-0.4, -0.2) is 56.6 Å². The van der Waals surface area contributed by atoms with Crippen LogP contribution in [0.1, 0.15) is 6.92 Å². The molecule has 4 rings (SSSR count). The fourth-order valence-electron chi connectivity index (χ4n) is 3.18. The largest absolute Gasteiger partial charge is 0.360 e. The van der Waals surface area contributed by atoms with E-state index in [2.05, 4.69) is 21.5 Å². The molecule has 1 aromatic carbocycles. The minimum Gasteiger partial charge on any atom is -0.360 e. The number of aliphatic imine (C=N–C) groups is 1. The van der Waals surface area contributed by atoms with Gasteiger partial charge >= 0.3 is 0 Å². The van der Waals surface area contributed by atoms with Crippen molar-refractivity contribution in [1.82, 2.24) is 14.9 Å². The minimum atomic E-state index is -0.392. The Hall–Kier alpha value is -3.24. The molecule has 0 spiro atoms. The average molecular weight is 454 g/mol. The SMILES string of the molecule is C=CCN(C(=O)CSC1=NC(=O)CN1C(C)=O)c1nc(-c2c[nH]c3ccccc23)cs1. The zero-order valence-electron chi connectivity index (χ0n) is 16.7. The number of thiazole rings is 1. The number of fused-ring (bicyclic) bond motifs is 1. The molecule has 3 heterocycles. The summed E-state index contributed by atoms with van der Waals surface area (Å²) in [5.41, 5.74) is 2.76. The summed E-state index contributed by atoms with van der Waals surface area (Å²) in [5.74, 6) is -0.867.